The van der Waals surface area contributed by atoms with Crippen molar-refractivity contribution in [1.29, 1.82) is 0 Å². The van der Waals surface area contributed by atoms with E-state index >= 15 is 0 Å². The van der Waals surface area contributed by atoms with Crippen LogP contribution >= 0.6 is 0 Å². The third-order valence-corrected chi connectivity index (χ3v) is 8.04. The summed E-state index contributed by atoms with van der Waals surface area (Å²) in [6, 6.07) is 21.9. The van der Waals surface area contributed by atoms with Gasteiger partial charge in [0, 0.05) is 36.1 Å². The fourth-order valence-corrected chi connectivity index (χ4v) is 5.94. The highest BCUT2D eigenvalue weighted by Crippen LogP contribution is 2.35. The number of rotatable bonds is 7. The topological polar surface area (TPSA) is 37.3 Å². The van der Waals surface area contributed by atoms with Gasteiger partial charge in [0.05, 0.1) is 5.69 Å². The molecule has 3 aromatic rings. The molecule has 1 heterocycles. The van der Waals surface area contributed by atoms with Gasteiger partial charge in [-0.1, -0.05) is 56.5 Å². The first kappa shape index (κ1) is 23.9. The Kier molecular flexibility index (Phi) is 7.38. The van der Waals surface area contributed by atoms with E-state index < -0.39 is 0 Å². The Bertz CT molecular complexity index is 1130. The number of nitrogens with zero attached hydrogens (tertiary/aromatic N) is 2. The maximum atomic E-state index is 12.8. The lowest BCUT2D eigenvalue weighted by Gasteiger charge is -2.31. The average Bonchev–Trinajstić information content (AvgIpc) is 3.28. The predicted octanol–water partition coefficient (Wildman–Crippen LogP) is 6.26. The third kappa shape index (κ3) is 5.38. The van der Waals surface area contributed by atoms with Crippen LogP contribution in [0.2, 0.25) is 0 Å². The molecule has 5 rings (SSSR count). The number of fused-ring (bicyclic) bond motifs is 1. The Labute approximate surface area is 210 Å². The molecule has 0 aliphatic heterocycles. The first-order valence-electron chi connectivity index (χ1n) is 13.5. The summed E-state index contributed by atoms with van der Waals surface area (Å²) in [5.41, 5.74) is 7.22. The van der Waals surface area contributed by atoms with Gasteiger partial charge in [-0.25, -0.2) is 0 Å². The molecule has 2 aliphatic rings. The summed E-state index contributed by atoms with van der Waals surface area (Å²) in [7, 11) is 2.19. The Hall–Kier alpha value is -2.85. The van der Waals surface area contributed by atoms with E-state index in [1.807, 2.05) is 12.1 Å². The molecule has 0 radical (unpaired) electrons. The molecule has 2 aromatic carbocycles. The van der Waals surface area contributed by atoms with E-state index in [4.69, 9.17) is 0 Å². The Morgan fingerprint density at radius 1 is 1.00 bits per heavy atom. The van der Waals surface area contributed by atoms with Gasteiger partial charge in [-0.3, -0.25) is 4.79 Å². The van der Waals surface area contributed by atoms with E-state index in [1.165, 1.54) is 61.0 Å². The highest BCUT2D eigenvalue weighted by atomic mass is 16.1. The number of likely N-dealkylation sites (N-methyl/N-ethyl adjacent to an activating group) is 1. The molecule has 0 unspecified atom stereocenters. The van der Waals surface area contributed by atoms with E-state index in [9.17, 15) is 4.79 Å². The number of amides is 1. The van der Waals surface area contributed by atoms with Crippen molar-refractivity contribution in [3.63, 3.8) is 0 Å². The molecule has 1 amide bonds. The van der Waals surface area contributed by atoms with Gasteiger partial charge in [-0.2, -0.15) is 0 Å². The zero-order chi connectivity index (χ0) is 24.2. The van der Waals surface area contributed by atoms with Crippen molar-refractivity contribution in [2.24, 2.45) is 5.92 Å². The summed E-state index contributed by atoms with van der Waals surface area (Å²) < 4.78 is 2.41. The molecule has 0 spiro atoms. The summed E-state index contributed by atoms with van der Waals surface area (Å²) in [6.07, 6.45) is 10.1. The Morgan fingerprint density at radius 3 is 2.49 bits per heavy atom. The lowest BCUT2D eigenvalue weighted by Crippen LogP contribution is -2.39. The van der Waals surface area contributed by atoms with Crippen LogP contribution in [0.4, 0.5) is 0 Å². The first-order chi connectivity index (χ1) is 17.1. The van der Waals surface area contributed by atoms with Gasteiger partial charge in [-0.05, 0) is 86.5 Å². The van der Waals surface area contributed by atoms with Gasteiger partial charge in [0.25, 0.3) is 5.91 Å². The molecule has 1 atom stereocenters. The normalized spacial score (nSPS) is 18.4. The zero-order valence-electron chi connectivity index (χ0n) is 21.3. The van der Waals surface area contributed by atoms with Crippen molar-refractivity contribution in [1.82, 2.24) is 14.8 Å². The second-order valence-electron chi connectivity index (χ2n) is 10.6. The zero-order valence-corrected chi connectivity index (χ0v) is 21.3. The molecule has 1 fully saturated rings. The van der Waals surface area contributed by atoms with E-state index in [-0.39, 0.29) is 5.91 Å². The van der Waals surface area contributed by atoms with Gasteiger partial charge in [0.15, 0.2) is 0 Å². The number of nitrogens with one attached hydrogen (secondary N) is 1. The molecule has 4 nitrogen and oxygen atoms in total. The number of hydrogen-bond donors (Lipinski definition) is 1. The van der Waals surface area contributed by atoms with Gasteiger partial charge < -0.3 is 14.8 Å². The van der Waals surface area contributed by atoms with E-state index in [0.717, 1.165) is 36.6 Å². The van der Waals surface area contributed by atoms with Crippen molar-refractivity contribution >= 4 is 5.91 Å². The highest BCUT2D eigenvalue weighted by molar-refractivity contribution is 5.94. The largest absolute Gasteiger partial charge is 0.351 e. The monoisotopic (exact) mass is 469 g/mol. The molecular formula is C31H39N3O. The van der Waals surface area contributed by atoms with Crippen LogP contribution in [0.15, 0.2) is 60.7 Å². The molecule has 4 heteroatoms. The number of carbonyl (C=O) groups is 1. The molecular weight excluding hydrogens is 430 g/mol. The minimum absolute atomic E-state index is 0.0141. The molecule has 1 saturated carbocycles. The van der Waals surface area contributed by atoms with Gasteiger partial charge in [0.1, 0.15) is 0 Å². The summed E-state index contributed by atoms with van der Waals surface area (Å²) in [5, 5.41) is 3.13. The lowest BCUT2D eigenvalue weighted by molar-refractivity contribution is 0.0944. The van der Waals surface area contributed by atoms with Gasteiger partial charge in [0.2, 0.25) is 0 Å². The standard InChI is InChI=1S/C31H39N3O/c1-23-13-18-29-26(21-23)22-30(24-9-5-3-6-10-24)34(29)28-16-14-25(15-17-28)31(35)32-19-20-33(2)27-11-7-4-8-12-27/h3,5-6,9-10,14-17,22-23,27H,4,7-8,11-13,18-21H2,1-2H3,(H,32,35)/t23-/m1/s1. The van der Waals surface area contributed by atoms with Gasteiger partial charge in [-0.15, -0.1) is 0 Å². The molecule has 0 bridgehead atoms. The Morgan fingerprint density at radius 2 is 1.74 bits per heavy atom. The molecule has 1 N–H and O–H groups in total. The summed E-state index contributed by atoms with van der Waals surface area (Å²) >= 11 is 0. The molecule has 0 saturated heterocycles. The second-order valence-corrected chi connectivity index (χ2v) is 10.6. The maximum absolute atomic E-state index is 12.8. The predicted molar refractivity (Wildman–Crippen MR) is 144 cm³/mol. The quantitative estimate of drug-likeness (QED) is 0.443. The highest BCUT2D eigenvalue weighted by Gasteiger charge is 2.23. The number of carbonyl (C=O) groups excluding carboxylic acids is 1. The second kappa shape index (κ2) is 10.8. The number of benzene rings is 2. The van der Waals surface area contributed by atoms with Crippen LogP contribution in [-0.4, -0.2) is 41.6 Å². The van der Waals surface area contributed by atoms with Crippen LogP contribution in [0.25, 0.3) is 16.9 Å². The molecule has 1 aromatic heterocycles. The van der Waals surface area contributed by atoms with Crippen LogP contribution in [0.1, 0.15) is 67.1 Å². The third-order valence-electron chi connectivity index (χ3n) is 8.04. The van der Waals surface area contributed by atoms with E-state index in [2.05, 4.69) is 77.3 Å². The Balaban J connectivity index is 1.30. The lowest BCUT2D eigenvalue weighted by atomic mass is 9.89. The van der Waals surface area contributed by atoms with Crippen molar-refractivity contribution < 1.29 is 4.79 Å². The average molecular weight is 470 g/mol. The maximum Gasteiger partial charge on any atom is 0.251 e. The van der Waals surface area contributed by atoms with Crippen LogP contribution < -0.4 is 5.32 Å². The summed E-state index contributed by atoms with van der Waals surface area (Å²) in [5.74, 6) is 0.741. The minimum atomic E-state index is 0.0141. The van der Waals surface area contributed by atoms with Crippen LogP contribution in [0, 0.1) is 5.92 Å². The number of hydrogen-bond acceptors (Lipinski definition) is 2. The van der Waals surface area contributed by atoms with E-state index in [1.54, 1.807) is 0 Å². The van der Waals surface area contributed by atoms with Crippen LogP contribution in [0.3, 0.4) is 0 Å². The van der Waals surface area contributed by atoms with Crippen LogP contribution in [0.5, 0.6) is 0 Å². The van der Waals surface area contributed by atoms with Crippen molar-refractivity contribution in [3.05, 3.63) is 77.5 Å². The fourth-order valence-electron chi connectivity index (χ4n) is 5.94. The number of aromatic nitrogens is 1. The van der Waals surface area contributed by atoms with Crippen molar-refractivity contribution in [2.45, 2.75) is 64.3 Å². The SMILES string of the molecule is C[C@@H]1CCc2c(cc(-c3ccccc3)n2-c2ccc(C(=O)NCCN(C)C3CCCCC3)cc2)C1. The van der Waals surface area contributed by atoms with Gasteiger partial charge >= 0.3 is 0 Å². The summed E-state index contributed by atoms with van der Waals surface area (Å²) in [4.78, 5) is 15.2. The van der Waals surface area contributed by atoms with Crippen LogP contribution in [-0.2, 0) is 12.8 Å². The first-order valence-corrected chi connectivity index (χ1v) is 13.5. The molecule has 2 aliphatic carbocycles. The summed E-state index contributed by atoms with van der Waals surface area (Å²) in [6.45, 7) is 3.95. The van der Waals surface area contributed by atoms with Crippen molar-refractivity contribution in [3.8, 4) is 16.9 Å². The molecule has 184 valence electrons. The van der Waals surface area contributed by atoms with Crippen molar-refractivity contribution in [2.75, 3.05) is 20.1 Å². The van der Waals surface area contributed by atoms with E-state index in [0.29, 0.717) is 12.6 Å². The smallest absolute Gasteiger partial charge is 0.251 e. The minimum Gasteiger partial charge on any atom is -0.351 e. The fraction of sp³-hybridized carbons (Fsp3) is 0.452. The molecule has 35 heavy (non-hydrogen) atoms.